The molecule has 0 bridgehead atoms. The second kappa shape index (κ2) is 10.3. The first-order valence-electron chi connectivity index (χ1n) is 11.1. The lowest BCUT2D eigenvalue weighted by atomic mass is 10.1. The molecule has 2 aromatic carbocycles. The number of para-hydroxylation sites is 1. The van der Waals surface area contributed by atoms with Crippen LogP contribution in [0, 0.1) is 0 Å². The lowest BCUT2D eigenvalue weighted by molar-refractivity contribution is -0.134. The number of carbonyl (C=O) groups excluding carboxylic acids is 2. The minimum atomic E-state index is -0.469. The van der Waals surface area contributed by atoms with Crippen molar-refractivity contribution in [3.8, 4) is 5.75 Å². The molecule has 4 rings (SSSR count). The zero-order valence-electron chi connectivity index (χ0n) is 18.4. The van der Waals surface area contributed by atoms with E-state index in [0.717, 1.165) is 24.3 Å². The molecule has 1 aliphatic rings. The van der Waals surface area contributed by atoms with Crippen molar-refractivity contribution in [2.24, 2.45) is 0 Å². The lowest BCUT2D eigenvalue weighted by Crippen LogP contribution is -2.56. The van der Waals surface area contributed by atoms with Gasteiger partial charge in [-0.25, -0.2) is 0 Å². The molecule has 1 aliphatic heterocycles. The van der Waals surface area contributed by atoms with Gasteiger partial charge in [-0.2, -0.15) is 0 Å². The summed E-state index contributed by atoms with van der Waals surface area (Å²) in [4.78, 5) is 27.2. The standard InChI is InChI=1S/C25H30N4O3/c1-32-21-8-4-6-19(16-21)18-29-15-12-27-25(31)23(29)17-24(30)26-11-5-13-28-14-10-20-7-2-3-9-22(20)28/h2-4,6-10,14,16,23H,5,11-13,15,17-18H2,1H3,(H,26,30)(H,27,31)/t23-/m0/s1. The van der Waals surface area contributed by atoms with Gasteiger partial charge in [0.2, 0.25) is 11.8 Å². The van der Waals surface area contributed by atoms with Crippen LogP contribution in [0.25, 0.3) is 10.9 Å². The van der Waals surface area contributed by atoms with E-state index in [9.17, 15) is 9.59 Å². The first-order chi connectivity index (χ1) is 15.6. The smallest absolute Gasteiger partial charge is 0.237 e. The van der Waals surface area contributed by atoms with Gasteiger partial charge in [-0.15, -0.1) is 0 Å². The Bertz CT molecular complexity index is 1080. The Morgan fingerprint density at radius 2 is 2.06 bits per heavy atom. The molecule has 0 saturated carbocycles. The number of amides is 2. The van der Waals surface area contributed by atoms with Crippen molar-refractivity contribution in [2.75, 3.05) is 26.7 Å². The van der Waals surface area contributed by atoms with E-state index in [4.69, 9.17) is 4.74 Å². The Hall–Kier alpha value is -3.32. The third-order valence-corrected chi connectivity index (χ3v) is 5.92. The topological polar surface area (TPSA) is 75.6 Å². The molecule has 0 unspecified atom stereocenters. The van der Waals surface area contributed by atoms with Crippen molar-refractivity contribution in [2.45, 2.75) is 32.0 Å². The van der Waals surface area contributed by atoms with Crippen LogP contribution >= 0.6 is 0 Å². The van der Waals surface area contributed by atoms with Crippen LogP contribution in [0.5, 0.6) is 5.75 Å². The molecule has 7 nitrogen and oxygen atoms in total. The van der Waals surface area contributed by atoms with Crippen molar-refractivity contribution in [3.63, 3.8) is 0 Å². The molecular formula is C25H30N4O3. The fourth-order valence-electron chi connectivity index (χ4n) is 4.24. The van der Waals surface area contributed by atoms with Crippen LogP contribution in [-0.4, -0.2) is 54.1 Å². The van der Waals surface area contributed by atoms with Crippen LogP contribution in [0.3, 0.4) is 0 Å². The molecular weight excluding hydrogens is 404 g/mol. The van der Waals surface area contributed by atoms with Crippen molar-refractivity contribution >= 4 is 22.7 Å². The van der Waals surface area contributed by atoms with Gasteiger partial charge in [0.15, 0.2) is 0 Å². The summed E-state index contributed by atoms with van der Waals surface area (Å²) in [6, 6.07) is 17.7. The van der Waals surface area contributed by atoms with E-state index in [1.54, 1.807) is 7.11 Å². The minimum Gasteiger partial charge on any atom is -0.497 e. The number of ether oxygens (including phenoxy) is 1. The number of aryl methyl sites for hydroxylation is 1. The summed E-state index contributed by atoms with van der Waals surface area (Å²) >= 11 is 0. The number of nitrogens with zero attached hydrogens (tertiary/aromatic N) is 2. The Balaban J connectivity index is 1.28. The molecule has 1 fully saturated rings. The number of benzene rings is 2. The summed E-state index contributed by atoms with van der Waals surface area (Å²) in [7, 11) is 1.64. The average molecular weight is 435 g/mol. The van der Waals surface area contributed by atoms with Gasteiger partial charge in [-0.1, -0.05) is 30.3 Å². The monoisotopic (exact) mass is 434 g/mol. The van der Waals surface area contributed by atoms with E-state index in [2.05, 4.69) is 44.5 Å². The average Bonchev–Trinajstić information content (AvgIpc) is 3.22. The third-order valence-electron chi connectivity index (χ3n) is 5.92. The lowest BCUT2D eigenvalue weighted by Gasteiger charge is -2.34. The molecule has 168 valence electrons. The first kappa shape index (κ1) is 21.9. The Morgan fingerprint density at radius 3 is 2.94 bits per heavy atom. The first-order valence-corrected chi connectivity index (χ1v) is 11.1. The summed E-state index contributed by atoms with van der Waals surface area (Å²) in [6.45, 7) is 3.31. The largest absolute Gasteiger partial charge is 0.497 e. The predicted octanol–water partition coefficient (Wildman–Crippen LogP) is 2.55. The maximum Gasteiger partial charge on any atom is 0.237 e. The highest BCUT2D eigenvalue weighted by Gasteiger charge is 2.31. The number of rotatable bonds is 9. The third kappa shape index (κ3) is 5.29. The predicted molar refractivity (Wildman–Crippen MR) is 124 cm³/mol. The van der Waals surface area contributed by atoms with E-state index in [0.29, 0.717) is 26.2 Å². The molecule has 1 saturated heterocycles. The number of nitrogens with one attached hydrogen (secondary N) is 2. The van der Waals surface area contributed by atoms with Crippen molar-refractivity contribution in [1.82, 2.24) is 20.1 Å². The van der Waals surface area contributed by atoms with Gasteiger partial charge in [-0.05, 0) is 41.6 Å². The molecule has 3 aromatic rings. The maximum atomic E-state index is 12.6. The molecule has 0 radical (unpaired) electrons. The van der Waals surface area contributed by atoms with Crippen LogP contribution in [0.1, 0.15) is 18.4 Å². The summed E-state index contributed by atoms with van der Waals surface area (Å²) in [5, 5.41) is 7.09. The zero-order chi connectivity index (χ0) is 22.3. The molecule has 1 atom stereocenters. The zero-order valence-corrected chi connectivity index (χ0v) is 18.4. The van der Waals surface area contributed by atoms with Crippen LogP contribution in [-0.2, 0) is 22.7 Å². The molecule has 1 aromatic heterocycles. The second-order valence-electron chi connectivity index (χ2n) is 8.10. The molecule has 2 amide bonds. The van der Waals surface area contributed by atoms with Crippen molar-refractivity contribution in [3.05, 3.63) is 66.4 Å². The molecule has 0 aliphatic carbocycles. The van der Waals surface area contributed by atoms with Gasteiger partial charge in [0.05, 0.1) is 19.6 Å². The van der Waals surface area contributed by atoms with Gasteiger partial charge < -0.3 is 19.9 Å². The quantitative estimate of drug-likeness (QED) is 0.508. The highest BCUT2D eigenvalue weighted by atomic mass is 16.5. The summed E-state index contributed by atoms with van der Waals surface area (Å²) in [5.41, 5.74) is 2.26. The van der Waals surface area contributed by atoms with Gasteiger partial charge in [0, 0.05) is 44.4 Å². The van der Waals surface area contributed by atoms with Gasteiger partial charge >= 0.3 is 0 Å². The van der Waals surface area contributed by atoms with Gasteiger partial charge in [0.25, 0.3) is 0 Å². The Morgan fingerprint density at radius 1 is 1.19 bits per heavy atom. The minimum absolute atomic E-state index is 0.0897. The van der Waals surface area contributed by atoms with E-state index in [1.165, 1.54) is 10.9 Å². The van der Waals surface area contributed by atoms with E-state index in [-0.39, 0.29) is 18.2 Å². The highest BCUT2D eigenvalue weighted by molar-refractivity contribution is 5.88. The van der Waals surface area contributed by atoms with Crippen molar-refractivity contribution < 1.29 is 14.3 Å². The van der Waals surface area contributed by atoms with Crippen LogP contribution < -0.4 is 15.4 Å². The van der Waals surface area contributed by atoms with E-state index < -0.39 is 6.04 Å². The highest BCUT2D eigenvalue weighted by Crippen LogP contribution is 2.18. The number of piperazine rings is 1. The Labute approximate surface area is 188 Å². The number of hydrogen-bond acceptors (Lipinski definition) is 4. The number of methoxy groups -OCH3 is 1. The van der Waals surface area contributed by atoms with Crippen LogP contribution in [0.4, 0.5) is 0 Å². The van der Waals surface area contributed by atoms with Gasteiger partial charge in [-0.3, -0.25) is 14.5 Å². The normalized spacial score (nSPS) is 16.7. The fourth-order valence-corrected chi connectivity index (χ4v) is 4.24. The van der Waals surface area contributed by atoms with Gasteiger partial charge in [0.1, 0.15) is 5.75 Å². The number of hydrogen-bond donors (Lipinski definition) is 2. The molecule has 2 heterocycles. The molecule has 32 heavy (non-hydrogen) atoms. The van der Waals surface area contributed by atoms with Crippen LogP contribution in [0.15, 0.2) is 60.8 Å². The second-order valence-corrected chi connectivity index (χ2v) is 8.10. The summed E-state index contributed by atoms with van der Waals surface area (Å²) < 4.78 is 7.50. The molecule has 7 heteroatoms. The summed E-state index contributed by atoms with van der Waals surface area (Å²) in [5.74, 6) is 0.599. The maximum absolute atomic E-state index is 12.6. The SMILES string of the molecule is COc1cccc(CN2CCNC(=O)[C@@H]2CC(=O)NCCCn2ccc3ccccc32)c1. The summed E-state index contributed by atoms with van der Waals surface area (Å²) in [6.07, 6.45) is 3.06. The van der Waals surface area contributed by atoms with E-state index >= 15 is 0 Å². The van der Waals surface area contributed by atoms with Crippen LogP contribution in [0.2, 0.25) is 0 Å². The fraction of sp³-hybridized carbons (Fsp3) is 0.360. The Kier molecular flexibility index (Phi) is 7.07. The van der Waals surface area contributed by atoms with Crippen molar-refractivity contribution in [1.29, 1.82) is 0 Å². The number of carbonyl (C=O) groups is 2. The van der Waals surface area contributed by atoms with E-state index in [1.807, 2.05) is 36.4 Å². The molecule has 2 N–H and O–H groups in total. The number of fused-ring (bicyclic) bond motifs is 1. The molecule has 0 spiro atoms. The number of aromatic nitrogens is 1.